The maximum absolute atomic E-state index is 13.5. The Kier molecular flexibility index (Phi) is 4.20. The molecule has 1 aliphatic rings. The van der Waals surface area contributed by atoms with Crippen LogP contribution in [-0.2, 0) is 0 Å². The van der Waals surface area contributed by atoms with Gasteiger partial charge in [-0.05, 0) is 36.6 Å². The molecule has 5 nitrogen and oxygen atoms in total. The molecule has 0 fully saturated rings. The van der Waals surface area contributed by atoms with E-state index in [2.05, 4.69) is 10.1 Å². The first-order valence-corrected chi connectivity index (χ1v) is 8.66. The molecule has 26 heavy (non-hydrogen) atoms. The van der Waals surface area contributed by atoms with Gasteiger partial charge in [-0.25, -0.2) is 13.9 Å². The van der Waals surface area contributed by atoms with Crippen LogP contribution < -0.4 is 0 Å². The number of halogens is 2. The summed E-state index contributed by atoms with van der Waals surface area (Å²) in [5.41, 5.74) is 2.80. The van der Waals surface area contributed by atoms with E-state index < -0.39 is 0 Å². The summed E-state index contributed by atoms with van der Waals surface area (Å²) in [5.74, 6) is -0.418. The van der Waals surface area contributed by atoms with E-state index in [1.54, 1.807) is 23.2 Å². The van der Waals surface area contributed by atoms with Crippen LogP contribution in [-0.4, -0.2) is 38.0 Å². The second kappa shape index (κ2) is 6.53. The number of hydrogen-bond donors (Lipinski definition) is 0. The third-order valence-electron chi connectivity index (χ3n) is 4.54. The van der Waals surface area contributed by atoms with E-state index in [1.807, 2.05) is 19.1 Å². The van der Waals surface area contributed by atoms with Gasteiger partial charge in [-0.15, -0.1) is 0 Å². The molecule has 1 aliphatic heterocycles. The van der Waals surface area contributed by atoms with Gasteiger partial charge in [-0.2, -0.15) is 5.10 Å². The van der Waals surface area contributed by atoms with E-state index >= 15 is 0 Å². The molecule has 4 rings (SSSR count). The molecule has 0 spiro atoms. The first-order chi connectivity index (χ1) is 12.5. The molecule has 0 saturated carbocycles. The van der Waals surface area contributed by atoms with Gasteiger partial charge >= 0.3 is 0 Å². The summed E-state index contributed by atoms with van der Waals surface area (Å²) < 4.78 is 15.0. The summed E-state index contributed by atoms with van der Waals surface area (Å²) in [6.45, 7) is 2.43. The molecule has 0 N–H and O–H groups in total. The largest absolute Gasteiger partial charge is 0.330 e. The number of nitrogens with zero attached hydrogens (tertiary/aromatic N) is 4. The van der Waals surface area contributed by atoms with Gasteiger partial charge in [0.15, 0.2) is 11.3 Å². The predicted molar refractivity (Wildman–Crippen MR) is 97.5 cm³/mol. The summed E-state index contributed by atoms with van der Waals surface area (Å²) in [5, 5.41) is 4.73. The molecule has 2 aromatic heterocycles. The molecule has 1 aromatic carbocycles. The van der Waals surface area contributed by atoms with Crippen LogP contribution >= 0.6 is 11.6 Å². The number of benzene rings is 1. The Morgan fingerprint density at radius 3 is 2.96 bits per heavy atom. The molecule has 0 saturated heterocycles. The van der Waals surface area contributed by atoms with Crippen molar-refractivity contribution in [3.05, 3.63) is 70.9 Å². The van der Waals surface area contributed by atoms with Crippen LogP contribution in [0.5, 0.6) is 0 Å². The summed E-state index contributed by atoms with van der Waals surface area (Å²) in [7, 11) is 0. The van der Waals surface area contributed by atoms with Gasteiger partial charge in [0.25, 0.3) is 5.91 Å². The maximum atomic E-state index is 13.5. The van der Waals surface area contributed by atoms with Gasteiger partial charge in [0, 0.05) is 24.8 Å². The average molecular weight is 371 g/mol. The van der Waals surface area contributed by atoms with E-state index in [4.69, 9.17) is 11.6 Å². The van der Waals surface area contributed by atoms with Crippen LogP contribution in [0, 0.1) is 5.82 Å². The van der Waals surface area contributed by atoms with Crippen LogP contribution in [0.3, 0.4) is 0 Å². The second-order valence-electron chi connectivity index (χ2n) is 6.35. The number of hydrogen-bond acceptors (Lipinski definition) is 3. The van der Waals surface area contributed by atoms with Crippen molar-refractivity contribution < 1.29 is 9.18 Å². The van der Waals surface area contributed by atoms with Crippen molar-refractivity contribution in [1.29, 1.82) is 0 Å². The van der Waals surface area contributed by atoms with Crippen molar-refractivity contribution in [2.45, 2.75) is 19.4 Å². The lowest BCUT2D eigenvalue weighted by molar-refractivity contribution is 0.0705. The Balaban J connectivity index is 1.58. The highest BCUT2D eigenvalue weighted by molar-refractivity contribution is 6.30. The number of rotatable bonds is 2. The van der Waals surface area contributed by atoms with Gasteiger partial charge in [0.1, 0.15) is 5.82 Å². The van der Waals surface area contributed by atoms with Crippen molar-refractivity contribution in [2.24, 2.45) is 0 Å². The van der Waals surface area contributed by atoms with Crippen molar-refractivity contribution in [1.82, 2.24) is 19.5 Å². The number of amides is 1. The monoisotopic (exact) mass is 370 g/mol. The van der Waals surface area contributed by atoms with Crippen LogP contribution in [0.4, 0.5) is 4.39 Å². The first kappa shape index (κ1) is 16.7. The average Bonchev–Trinajstić information content (AvgIpc) is 3.04. The van der Waals surface area contributed by atoms with Crippen molar-refractivity contribution in [2.75, 3.05) is 6.54 Å². The third kappa shape index (κ3) is 3.08. The minimum atomic E-state index is -0.259. The highest BCUT2D eigenvalue weighted by atomic mass is 35.5. The first-order valence-electron chi connectivity index (χ1n) is 8.28. The second-order valence-corrected chi connectivity index (χ2v) is 6.79. The Bertz CT molecular complexity index is 1030. The standard InChI is InChI=1S/C19H16ClFN4O/c1-12-7-14(13-3-2-4-16(21)8-13)5-6-24(12)19(26)17-9-18-22-10-15(20)11-25(18)23-17/h2-5,8-12H,6-7H2,1H3. The fourth-order valence-corrected chi connectivity index (χ4v) is 3.35. The van der Waals surface area contributed by atoms with Gasteiger partial charge in [-0.3, -0.25) is 4.79 Å². The van der Waals surface area contributed by atoms with Crippen LogP contribution in [0.15, 0.2) is 48.8 Å². The zero-order chi connectivity index (χ0) is 18.3. The Morgan fingerprint density at radius 1 is 1.35 bits per heavy atom. The molecule has 3 aromatic rings. The molecule has 7 heteroatoms. The van der Waals surface area contributed by atoms with Crippen molar-refractivity contribution in [3.63, 3.8) is 0 Å². The van der Waals surface area contributed by atoms with Gasteiger partial charge < -0.3 is 4.90 Å². The Hall–Kier alpha value is -2.73. The molecule has 3 heterocycles. The molecule has 0 bridgehead atoms. The minimum absolute atomic E-state index is 0.0212. The van der Waals surface area contributed by atoms with E-state index in [0.717, 1.165) is 11.1 Å². The van der Waals surface area contributed by atoms with E-state index in [0.29, 0.717) is 29.3 Å². The minimum Gasteiger partial charge on any atom is -0.330 e. The van der Waals surface area contributed by atoms with E-state index in [-0.39, 0.29) is 17.8 Å². The molecular formula is C19H16ClFN4O. The Labute approximate surface area is 154 Å². The number of aromatic nitrogens is 3. The summed E-state index contributed by atoms with van der Waals surface area (Å²) >= 11 is 5.91. The molecule has 1 unspecified atom stereocenters. The van der Waals surface area contributed by atoms with Gasteiger partial charge in [-0.1, -0.05) is 29.8 Å². The summed E-state index contributed by atoms with van der Waals surface area (Å²) in [6.07, 6.45) is 5.76. The molecule has 1 amide bonds. The highest BCUT2D eigenvalue weighted by Crippen LogP contribution is 2.27. The predicted octanol–water partition coefficient (Wildman–Crippen LogP) is 3.84. The normalized spacial score (nSPS) is 17.4. The van der Waals surface area contributed by atoms with Crippen LogP contribution in [0.2, 0.25) is 5.02 Å². The fourth-order valence-electron chi connectivity index (χ4n) is 3.21. The Morgan fingerprint density at radius 2 is 2.19 bits per heavy atom. The summed E-state index contributed by atoms with van der Waals surface area (Å²) in [4.78, 5) is 18.8. The number of carbonyl (C=O) groups excluding carboxylic acids is 1. The highest BCUT2D eigenvalue weighted by Gasteiger charge is 2.27. The lowest BCUT2D eigenvalue weighted by Crippen LogP contribution is -2.41. The lowest BCUT2D eigenvalue weighted by Gasteiger charge is -2.32. The topological polar surface area (TPSA) is 50.5 Å². The molecular weight excluding hydrogens is 355 g/mol. The SMILES string of the molecule is CC1CC(c2cccc(F)c2)=CCN1C(=O)c1cc2ncc(Cl)cn2n1. The van der Waals surface area contributed by atoms with Crippen molar-refractivity contribution >= 4 is 28.7 Å². The lowest BCUT2D eigenvalue weighted by atomic mass is 9.94. The smallest absolute Gasteiger partial charge is 0.274 e. The van der Waals surface area contributed by atoms with Crippen LogP contribution in [0.1, 0.15) is 29.4 Å². The molecule has 132 valence electrons. The van der Waals surface area contributed by atoms with E-state index in [1.165, 1.54) is 22.8 Å². The van der Waals surface area contributed by atoms with Gasteiger partial charge in [0.2, 0.25) is 0 Å². The van der Waals surface area contributed by atoms with Gasteiger partial charge in [0.05, 0.1) is 11.2 Å². The number of carbonyl (C=O) groups is 1. The molecule has 0 aliphatic carbocycles. The molecule has 0 radical (unpaired) electrons. The zero-order valence-corrected chi connectivity index (χ0v) is 14.8. The zero-order valence-electron chi connectivity index (χ0n) is 14.1. The fraction of sp³-hybridized carbons (Fsp3) is 0.211. The molecule has 1 atom stereocenters. The third-order valence-corrected chi connectivity index (χ3v) is 4.73. The maximum Gasteiger partial charge on any atom is 0.274 e. The quantitative estimate of drug-likeness (QED) is 0.688. The van der Waals surface area contributed by atoms with Crippen LogP contribution in [0.25, 0.3) is 11.2 Å². The van der Waals surface area contributed by atoms with Crippen molar-refractivity contribution in [3.8, 4) is 0 Å². The number of fused-ring (bicyclic) bond motifs is 1. The summed E-state index contributed by atoms with van der Waals surface area (Å²) in [6, 6.07) is 8.16. The van der Waals surface area contributed by atoms with E-state index in [9.17, 15) is 9.18 Å².